The molecule has 1 aliphatic heterocycles. The number of ether oxygens (including phenoxy) is 2. The minimum absolute atomic E-state index is 0.667. The molecular weight excluding hydrogens is 342 g/mol. The summed E-state index contributed by atoms with van der Waals surface area (Å²) in [5, 5.41) is 11.2. The first-order chi connectivity index (χ1) is 13.1. The predicted octanol–water partition coefficient (Wildman–Crippen LogP) is 1.97. The van der Waals surface area contributed by atoms with Gasteiger partial charge >= 0.3 is 0 Å². The highest BCUT2D eigenvalue weighted by Gasteiger charge is 2.13. The standard InChI is InChI=1S/C20H37N5O2/c1-5-21-20(23-11-7-19-16(2)24-25(4)17(19)3)22-10-6-12-27-15-18-8-13-26-14-9-18/h18H,5-15H2,1-4H3,(H2,21,22,23). The topological polar surface area (TPSA) is 72.7 Å². The summed E-state index contributed by atoms with van der Waals surface area (Å²) in [5.41, 5.74) is 3.67. The maximum atomic E-state index is 5.81. The van der Waals surface area contributed by atoms with Gasteiger partial charge in [0.15, 0.2) is 5.96 Å². The summed E-state index contributed by atoms with van der Waals surface area (Å²) < 4.78 is 13.1. The first kappa shape index (κ1) is 21.7. The lowest BCUT2D eigenvalue weighted by atomic mass is 10.0. The lowest BCUT2D eigenvalue weighted by molar-refractivity contribution is 0.0205. The Morgan fingerprint density at radius 1 is 1.30 bits per heavy atom. The Bertz CT molecular complexity index is 579. The van der Waals surface area contributed by atoms with Gasteiger partial charge in [-0.1, -0.05) is 0 Å². The number of guanidine groups is 1. The number of aliphatic imine (C=N–C) groups is 1. The molecular formula is C20H37N5O2. The van der Waals surface area contributed by atoms with Crippen molar-refractivity contribution in [2.24, 2.45) is 18.0 Å². The highest BCUT2D eigenvalue weighted by Crippen LogP contribution is 2.14. The molecule has 0 bridgehead atoms. The van der Waals surface area contributed by atoms with Crippen LogP contribution in [0.15, 0.2) is 4.99 Å². The van der Waals surface area contributed by atoms with Crippen molar-refractivity contribution in [1.82, 2.24) is 20.4 Å². The van der Waals surface area contributed by atoms with E-state index in [0.29, 0.717) is 5.92 Å². The van der Waals surface area contributed by atoms with E-state index >= 15 is 0 Å². The fourth-order valence-corrected chi connectivity index (χ4v) is 3.35. The lowest BCUT2D eigenvalue weighted by Gasteiger charge is -2.21. The number of hydrogen-bond donors (Lipinski definition) is 2. The Morgan fingerprint density at radius 2 is 2.07 bits per heavy atom. The van der Waals surface area contributed by atoms with Crippen LogP contribution in [-0.4, -0.2) is 61.8 Å². The molecule has 1 aliphatic rings. The zero-order chi connectivity index (χ0) is 19.5. The van der Waals surface area contributed by atoms with E-state index in [-0.39, 0.29) is 0 Å². The fraction of sp³-hybridized carbons (Fsp3) is 0.800. The van der Waals surface area contributed by atoms with Crippen LogP contribution in [0.1, 0.15) is 43.1 Å². The summed E-state index contributed by atoms with van der Waals surface area (Å²) in [7, 11) is 1.99. The summed E-state index contributed by atoms with van der Waals surface area (Å²) in [4.78, 5) is 4.65. The van der Waals surface area contributed by atoms with E-state index in [2.05, 4.69) is 41.5 Å². The van der Waals surface area contributed by atoms with Crippen LogP contribution in [0, 0.1) is 19.8 Å². The van der Waals surface area contributed by atoms with Crippen LogP contribution in [-0.2, 0) is 22.9 Å². The Balaban J connectivity index is 1.64. The van der Waals surface area contributed by atoms with Gasteiger partial charge in [-0.25, -0.2) is 0 Å². The number of aromatic nitrogens is 2. The van der Waals surface area contributed by atoms with Crippen molar-refractivity contribution in [1.29, 1.82) is 0 Å². The van der Waals surface area contributed by atoms with E-state index < -0.39 is 0 Å². The Hall–Kier alpha value is -1.60. The van der Waals surface area contributed by atoms with E-state index in [9.17, 15) is 0 Å². The molecule has 0 unspecified atom stereocenters. The van der Waals surface area contributed by atoms with E-state index in [1.165, 1.54) is 11.3 Å². The van der Waals surface area contributed by atoms with Gasteiger partial charge in [0, 0.05) is 58.8 Å². The molecule has 0 spiro atoms. The molecule has 1 saturated heterocycles. The summed E-state index contributed by atoms with van der Waals surface area (Å²) in [6.45, 7) is 12.1. The monoisotopic (exact) mass is 379 g/mol. The van der Waals surface area contributed by atoms with Gasteiger partial charge in [-0.05, 0) is 57.9 Å². The number of hydrogen-bond acceptors (Lipinski definition) is 4. The van der Waals surface area contributed by atoms with Crippen LogP contribution in [0.4, 0.5) is 0 Å². The third-order valence-corrected chi connectivity index (χ3v) is 5.08. The molecule has 0 aliphatic carbocycles. The van der Waals surface area contributed by atoms with Crippen molar-refractivity contribution in [3.63, 3.8) is 0 Å². The van der Waals surface area contributed by atoms with Crippen LogP contribution in [0.3, 0.4) is 0 Å². The van der Waals surface area contributed by atoms with Crippen molar-refractivity contribution in [2.75, 3.05) is 46.1 Å². The molecule has 2 N–H and O–H groups in total. The maximum absolute atomic E-state index is 5.81. The average Bonchev–Trinajstić information content (AvgIpc) is 2.91. The van der Waals surface area contributed by atoms with Crippen molar-refractivity contribution >= 4 is 5.96 Å². The molecule has 7 nitrogen and oxygen atoms in total. The van der Waals surface area contributed by atoms with E-state index in [0.717, 1.165) is 83.4 Å². The van der Waals surface area contributed by atoms with Gasteiger partial charge in [-0.2, -0.15) is 5.10 Å². The van der Waals surface area contributed by atoms with Gasteiger partial charge in [-0.3, -0.25) is 9.67 Å². The van der Waals surface area contributed by atoms with Crippen LogP contribution in [0.2, 0.25) is 0 Å². The van der Waals surface area contributed by atoms with Crippen LogP contribution in [0.25, 0.3) is 0 Å². The SMILES string of the molecule is CCNC(=NCCCOCC1CCOCC1)NCCc1c(C)nn(C)c1C. The zero-order valence-corrected chi connectivity index (χ0v) is 17.5. The van der Waals surface area contributed by atoms with Gasteiger partial charge < -0.3 is 20.1 Å². The normalized spacial score (nSPS) is 15.9. The molecule has 7 heteroatoms. The molecule has 0 saturated carbocycles. The fourth-order valence-electron chi connectivity index (χ4n) is 3.35. The first-order valence-corrected chi connectivity index (χ1v) is 10.3. The minimum Gasteiger partial charge on any atom is -0.381 e. The molecule has 0 amide bonds. The molecule has 1 aromatic rings. The minimum atomic E-state index is 0.667. The number of aryl methyl sites for hydroxylation is 2. The van der Waals surface area contributed by atoms with Crippen molar-refractivity contribution in [2.45, 2.75) is 46.5 Å². The van der Waals surface area contributed by atoms with Gasteiger partial charge in [0.2, 0.25) is 0 Å². The molecule has 0 aromatic carbocycles. The second kappa shape index (κ2) is 12.0. The second-order valence-corrected chi connectivity index (χ2v) is 7.19. The summed E-state index contributed by atoms with van der Waals surface area (Å²) in [6, 6.07) is 0. The third kappa shape index (κ3) is 7.50. The summed E-state index contributed by atoms with van der Waals surface area (Å²) in [5.74, 6) is 1.54. The van der Waals surface area contributed by atoms with Crippen LogP contribution in [0.5, 0.6) is 0 Å². The number of nitrogens with zero attached hydrogens (tertiary/aromatic N) is 3. The van der Waals surface area contributed by atoms with E-state index in [1.54, 1.807) is 0 Å². The van der Waals surface area contributed by atoms with Gasteiger partial charge in [-0.15, -0.1) is 0 Å². The van der Waals surface area contributed by atoms with Crippen molar-refractivity contribution in [3.05, 3.63) is 17.0 Å². The molecule has 27 heavy (non-hydrogen) atoms. The highest BCUT2D eigenvalue weighted by atomic mass is 16.5. The molecule has 1 fully saturated rings. The van der Waals surface area contributed by atoms with Gasteiger partial charge in [0.1, 0.15) is 0 Å². The largest absolute Gasteiger partial charge is 0.381 e. The molecule has 0 radical (unpaired) electrons. The summed E-state index contributed by atoms with van der Waals surface area (Å²) >= 11 is 0. The van der Waals surface area contributed by atoms with Gasteiger partial charge in [0.25, 0.3) is 0 Å². The molecule has 1 aromatic heterocycles. The quantitative estimate of drug-likeness (QED) is 0.369. The Labute approximate surface area is 163 Å². The zero-order valence-electron chi connectivity index (χ0n) is 17.5. The van der Waals surface area contributed by atoms with Gasteiger partial charge in [0.05, 0.1) is 5.69 Å². The number of nitrogens with one attached hydrogen (secondary N) is 2. The van der Waals surface area contributed by atoms with E-state index in [1.807, 2.05) is 11.7 Å². The maximum Gasteiger partial charge on any atom is 0.191 e. The molecule has 2 heterocycles. The third-order valence-electron chi connectivity index (χ3n) is 5.08. The second-order valence-electron chi connectivity index (χ2n) is 7.19. The van der Waals surface area contributed by atoms with Crippen LogP contribution >= 0.6 is 0 Å². The Kier molecular flexibility index (Phi) is 9.62. The van der Waals surface area contributed by atoms with Crippen molar-refractivity contribution < 1.29 is 9.47 Å². The molecule has 2 rings (SSSR count). The summed E-state index contributed by atoms with van der Waals surface area (Å²) in [6.07, 6.45) is 4.15. The van der Waals surface area contributed by atoms with Crippen LogP contribution < -0.4 is 10.6 Å². The van der Waals surface area contributed by atoms with Crippen molar-refractivity contribution in [3.8, 4) is 0 Å². The smallest absolute Gasteiger partial charge is 0.191 e. The molecule has 154 valence electrons. The lowest BCUT2D eigenvalue weighted by Crippen LogP contribution is -2.38. The average molecular weight is 380 g/mol. The Morgan fingerprint density at radius 3 is 2.74 bits per heavy atom. The first-order valence-electron chi connectivity index (χ1n) is 10.3. The predicted molar refractivity (Wildman–Crippen MR) is 109 cm³/mol. The molecule has 0 atom stereocenters. The number of rotatable bonds is 10. The van der Waals surface area contributed by atoms with E-state index in [4.69, 9.17) is 9.47 Å². The highest BCUT2D eigenvalue weighted by molar-refractivity contribution is 5.79.